The van der Waals surface area contributed by atoms with Crippen molar-refractivity contribution in [3.05, 3.63) is 40.9 Å². The number of aliphatic hydroxyl groups excluding tert-OH is 1. The molecule has 1 heterocycles. The Labute approximate surface area is 146 Å². The molecule has 1 aromatic heterocycles. The third-order valence-corrected chi connectivity index (χ3v) is 5.62. The van der Waals surface area contributed by atoms with Crippen LogP contribution in [0.15, 0.2) is 29.6 Å². The highest BCUT2D eigenvalue weighted by molar-refractivity contribution is 7.13. The summed E-state index contributed by atoms with van der Waals surface area (Å²) in [4.78, 5) is 16.9. The van der Waals surface area contributed by atoms with Crippen molar-refractivity contribution in [2.75, 3.05) is 6.61 Å². The van der Waals surface area contributed by atoms with Gasteiger partial charge in [0.25, 0.3) is 0 Å². The van der Waals surface area contributed by atoms with E-state index in [0.717, 1.165) is 41.9 Å². The third-order valence-electron chi connectivity index (χ3n) is 4.68. The molecular weight excluding hydrogens is 320 g/mol. The predicted molar refractivity (Wildman–Crippen MR) is 97.0 cm³/mol. The number of nitrogens with zero attached hydrogens (tertiary/aromatic N) is 1. The van der Waals surface area contributed by atoms with Crippen molar-refractivity contribution in [1.82, 2.24) is 10.3 Å². The van der Waals surface area contributed by atoms with Gasteiger partial charge in [0, 0.05) is 29.5 Å². The molecule has 1 aliphatic rings. The van der Waals surface area contributed by atoms with Crippen LogP contribution in [0.3, 0.4) is 0 Å². The maximum absolute atomic E-state index is 12.3. The van der Waals surface area contributed by atoms with Crippen LogP contribution in [0.4, 0.5) is 0 Å². The van der Waals surface area contributed by atoms with Gasteiger partial charge in [-0.25, -0.2) is 4.98 Å². The van der Waals surface area contributed by atoms with Crippen LogP contribution in [0.2, 0.25) is 0 Å². The fraction of sp³-hybridized carbons (Fsp3) is 0.474. The van der Waals surface area contributed by atoms with Crippen LogP contribution in [0.5, 0.6) is 0 Å². The molecule has 1 fully saturated rings. The molecule has 1 aromatic carbocycles. The third kappa shape index (κ3) is 4.22. The van der Waals surface area contributed by atoms with Gasteiger partial charge in [0.15, 0.2) is 0 Å². The van der Waals surface area contributed by atoms with E-state index in [1.807, 2.05) is 5.38 Å². The Bertz CT molecular complexity index is 681. The molecule has 1 amide bonds. The molecule has 1 saturated carbocycles. The van der Waals surface area contributed by atoms with Gasteiger partial charge in [0.2, 0.25) is 5.91 Å². The second kappa shape index (κ2) is 7.90. The molecular formula is C19H24N2O2S. The number of nitrogens with one attached hydrogen (secondary N) is 1. The first-order valence-corrected chi connectivity index (χ1v) is 9.45. The summed E-state index contributed by atoms with van der Waals surface area (Å²) in [6.07, 6.45) is 4.52. The highest BCUT2D eigenvalue weighted by Crippen LogP contribution is 2.25. The predicted octanol–water partition coefficient (Wildman–Crippen LogP) is 3.33. The Morgan fingerprint density at radius 2 is 2.04 bits per heavy atom. The fourth-order valence-corrected chi connectivity index (χ4v) is 4.08. The Morgan fingerprint density at radius 1 is 1.29 bits per heavy atom. The Morgan fingerprint density at radius 3 is 2.79 bits per heavy atom. The standard InChI is InChI=1S/C19H24N2O2S/c1-13-6-8-14(9-7-13)19-20-16(12-24-19)10-18(23)21-17-5-3-2-4-15(17)11-22/h6-9,12,15,17,22H,2-5,10-11H2,1H3,(H,21,23). The number of hydrogen-bond acceptors (Lipinski definition) is 4. The van der Waals surface area contributed by atoms with E-state index in [9.17, 15) is 9.90 Å². The van der Waals surface area contributed by atoms with E-state index < -0.39 is 0 Å². The summed E-state index contributed by atoms with van der Waals surface area (Å²) in [6.45, 7) is 2.21. The molecule has 2 atom stereocenters. The van der Waals surface area contributed by atoms with Crippen LogP contribution < -0.4 is 5.32 Å². The van der Waals surface area contributed by atoms with E-state index in [-0.39, 0.29) is 24.5 Å². The van der Waals surface area contributed by atoms with Crippen LogP contribution in [0.25, 0.3) is 10.6 Å². The topological polar surface area (TPSA) is 62.2 Å². The van der Waals surface area contributed by atoms with Crippen LogP contribution in [0, 0.1) is 12.8 Å². The number of hydrogen-bond donors (Lipinski definition) is 2. The molecule has 1 aliphatic carbocycles. The van der Waals surface area contributed by atoms with Gasteiger partial charge in [-0.2, -0.15) is 0 Å². The summed E-state index contributed by atoms with van der Waals surface area (Å²) in [6, 6.07) is 8.37. The second-order valence-corrected chi connectivity index (χ2v) is 7.45. The van der Waals surface area contributed by atoms with Crippen molar-refractivity contribution >= 4 is 17.2 Å². The highest BCUT2D eigenvalue weighted by atomic mass is 32.1. The van der Waals surface area contributed by atoms with Gasteiger partial charge in [-0.05, 0) is 19.8 Å². The van der Waals surface area contributed by atoms with E-state index >= 15 is 0 Å². The first-order valence-electron chi connectivity index (χ1n) is 8.57. The number of carbonyl (C=O) groups excluding carboxylic acids is 1. The van der Waals surface area contributed by atoms with Gasteiger partial charge in [0.05, 0.1) is 12.1 Å². The molecule has 3 rings (SSSR count). The van der Waals surface area contributed by atoms with Crippen molar-refractivity contribution in [2.45, 2.75) is 45.1 Å². The minimum Gasteiger partial charge on any atom is -0.396 e. The molecule has 2 unspecified atom stereocenters. The smallest absolute Gasteiger partial charge is 0.226 e. The Hall–Kier alpha value is -1.72. The van der Waals surface area contributed by atoms with Gasteiger partial charge >= 0.3 is 0 Å². The molecule has 5 heteroatoms. The summed E-state index contributed by atoms with van der Waals surface area (Å²) in [5, 5.41) is 15.4. The first-order chi connectivity index (χ1) is 11.7. The first kappa shape index (κ1) is 17.1. The molecule has 2 N–H and O–H groups in total. The Balaban J connectivity index is 1.59. The Kier molecular flexibility index (Phi) is 5.63. The van der Waals surface area contributed by atoms with Gasteiger partial charge in [0.1, 0.15) is 5.01 Å². The van der Waals surface area contributed by atoms with Gasteiger partial charge in [-0.1, -0.05) is 42.7 Å². The number of amides is 1. The summed E-state index contributed by atoms with van der Waals surface area (Å²) in [5.41, 5.74) is 3.12. The largest absolute Gasteiger partial charge is 0.396 e. The summed E-state index contributed by atoms with van der Waals surface area (Å²) < 4.78 is 0. The average Bonchev–Trinajstić information content (AvgIpc) is 3.04. The minimum absolute atomic E-state index is 0.00102. The zero-order chi connectivity index (χ0) is 16.9. The average molecular weight is 344 g/mol. The molecule has 0 radical (unpaired) electrons. The van der Waals surface area contributed by atoms with E-state index in [1.165, 1.54) is 5.56 Å². The summed E-state index contributed by atoms with van der Waals surface area (Å²) >= 11 is 1.57. The zero-order valence-corrected chi connectivity index (χ0v) is 14.8. The summed E-state index contributed by atoms with van der Waals surface area (Å²) in [5.74, 6) is 0.197. The van der Waals surface area contributed by atoms with E-state index in [4.69, 9.17) is 0 Å². The van der Waals surface area contributed by atoms with Gasteiger partial charge < -0.3 is 10.4 Å². The summed E-state index contributed by atoms with van der Waals surface area (Å²) in [7, 11) is 0. The van der Waals surface area contributed by atoms with Crippen LogP contribution >= 0.6 is 11.3 Å². The SMILES string of the molecule is Cc1ccc(-c2nc(CC(=O)NC3CCCCC3CO)cs2)cc1. The number of thiazole rings is 1. The molecule has 128 valence electrons. The quantitative estimate of drug-likeness (QED) is 0.874. The monoisotopic (exact) mass is 344 g/mol. The lowest BCUT2D eigenvalue weighted by Crippen LogP contribution is -2.44. The molecule has 24 heavy (non-hydrogen) atoms. The zero-order valence-electron chi connectivity index (χ0n) is 14.0. The molecule has 0 spiro atoms. The van der Waals surface area contributed by atoms with Crippen LogP contribution in [0.1, 0.15) is 36.9 Å². The van der Waals surface area contributed by atoms with Gasteiger partial charge in [-0.15, -0.1) is 11.3 Å². The number of rotatable bonds is 5. The highest BCUT2D eigenvalue weighted by Gasteiger charge is 2.25. The van der Waals surface area contributed by atoms with Crippen molar-refractivity contribution in [2.24, 2.45) is 5.92 Å². The van der Waals surface area contributed by atoms with Crippen LogP contribution in [-0.2, 0) is 11.2 Å². The number of aryl methyl sites for hydroxylation is 1. The molecule has 0 aliphatic heterocycles. The van der Waals surface area contributed by atoms with Crippen molar-refractivity contribution in [1.29, 1.82) is 0 Å². The number of carbonyl (C=O) groups is 1. The normalized spacial score (nSPS) is 20.8. The lowest BCUT2D eigenvalue weighted by molar-refractivity contribution is -0.121. The lowest BCUT2D eigenvalue weighted by Gasteiger charge is -2.30. The van der Waals surface area contributed by atoms with Crippen molar-refractivity contribution in [3.63, 3.8) is 0 Å². The fourth-order valence-electron chi connectivity index (χ4n) is 3.26. The maximum Gasteiger partial charge on any atom is 0.226 e. The minimum atomic E-state index is 0.00102. The van der Waals surface area contributed by atoms with Gasteiger partial charge in [-0.3, -0.25) is 4.79 Å². The molecule has 4 nitrogen and oxygen atoms in total. The van der Waals surface area contributed by atoms with Crippen molar-refractivity contribution < 1.29 is 9.90 Å². The molecule has 0 saturated heterocycles. The molecule has 2 aromatic rings. The molecule has 0 bridgehead atoms. The maximum atomic E-state index is 12.3. The van der Waals surface area contributed by atoms with Crippen LogP contribution in [-0.4, -0.2) is 28.6 Å². The van der Waals surface area contributed by atoms with Crippen molar-refractivity contribution in [3.8, 4) is 10.6 Å². The lowest BCUT2D eigenvalue weighted by atomic mass is 9.85. The second-order valence-electron chi connectivity index (χ2n) is 6.59. The number of aliphatic hydroxyl groups is 1. The van der Waals surface area contributed by atoms with E-state index in [0.29, 0.717) is 6.42 Å². The number of benzene rings is 1. The van der Waals surface area contributed by atoms with E-state index in [2.05, 4.69) is 41.5 Å². The van der Waals surface area contributed by atoms with E-state index in [1.54, 1.807) is 11.3 Å². The number of aromatic nitrogens is 1.